The highest BCUT2D eigenvalue weighted by Gasteiger charge is 2.10. The van der Waals surface area contributed by atoms with Crippen molar-refractivity contribution in [1.82, 2.24) is 5.32 Å². The third-order valence-electron chi connectivity index (χ3n) is 3.35. The van der Waals surface area contributed by atoms with E-state index in [-0.39, 0.29) is 0 Å². The number of thioether (sulfide) groups is 1. The average molecular weight is 320 g/mol. The van der Waals surface area contributed by atoms with Crippen molar-refractivity contribution in [3.8, 4) is 0 Å². The molecule has 0 aliphatic rings. The van der Waals surface area contributed by atoms with Gasteiger partial charge in [0.15, 0.2) is 0 Å². The molecule has 0 aromatic heterocycles. The predicted octanol–water partition coefficient (Wildman–Crippen LogP) is 5.56. The highest BCUT2D eigenvalue weighted by atomic mass is 35.5. The minimum Gasteiger partial charge on any atom is -0.309 e. The summed E-state index contributed by atoms with van der Waals surface area (Å²) < 4.78 is 0. The van der Waals surface area contributed by atoms with Crippen LogP contribution in [0.25, 0.3) is 0 Å². The second kappa shape index (κ2) is 9.14. The van der Waals surface area contributed by atoms with Crippen molar-refractivity contribution < 1.29 is 0 Å². The monoisotopic (exact) mass is 319 g/mol. The maximum atomic E-state index is 5.93. The van der Waals surface area contributed by atoms with E-state index < -0.39 is 0 Å². The lowest BCUT2D eigenvalue weighted by atomic mass is 10.1. The summed E-state index contributed by atoms with van der Waals surface area (Å²) in [5.41, 5.74) is 1.36. The summed E-state index contributed by atoms with van der Waals surface area (Å²) in [6.07, 6.45) is 2.44. The quantitative estimate of drug-likeness (QED) is 0.504. The summed E-state index contributed by atoms with van der Waals surface area (Å²) in [6, 6.07) is 19.1. The number of nitrogens with one attached hydrogen (secondary N) is 1. The molecule has 2 rings (SSSR count). The summed E-state index contributed by atoms with van der Waals surface area (Å²) in [4.78, 5) is 1.26. The van der Waals surface area contributed by atoms with Crippen LogP contribution in [-0.2, 0) is 0 Å². The summed E-state index contributed by atoms with van der Waals surface area (Å²) in [7, 11) is 0. The van der Waals surface area contributed by atoms with Crippen LogP contribution in [0.15, 0.2) is 59.5 Å². The first-order valence-corrected chi connectivity index (χ1v) is 8.82. The second-order valence-corrected chi connectivity index (χ2v) is 6.57. The molecule has 1 N–H and O–H groups in total. The summed E-state index contributed by atoms with van der Waals surface area (Å²) >= 11 is 7.80. The van der Waals surface area contributed by atoms with Crippen LogP contribution in [-0.4, -0.2) is 12.3 Å². The Morgan fingerprint density at radius 2 is 1.76 bits per heavy atom. The van der Waals surface area contributed by atoms with Crippen LogP contribution in [0.5, 0.6) is 0 Å². The minimum absolute atomic E-state index is 0.387. The van der Waals surface area contributed by atoms with Gasteiger partial charge in [-0.3, -0.25) is 0 Å². The van der Waals surface area contributed by atoms with Crippen molar-refractivity contribution in [2.75, 3.05) is 12.3 Å². The van der Waals surface area contributed by atoms with E-state index in [9.17, 15) is 0 Å². The van der Waals surface area contributed by atoms with Gasteiger partial charge in [0.05, 0.1) is 0 Å². The largest absolute Gasteiger partial charge is 0.309 e. The van der Waals surface area contributed by atoms with E-state index in [0.29, 0.717) is 6.04 Å². The van der Waals surface area contributed by atoms with Crippen LogP contribution in [0.2, 0.25) is 5.02 Å². The van der Waals surface area contributed by atoms with Gasteiger partial charge in [-0.15, -0.1) is 11.8 Å². The number of hydrogen-bond donors (Lipinski definition) is 1. The van der Waals surface area contributed by atoms with Gasteiger partial charge in [0, 0.05) is 21.7 Å². The number of hydrogen-bond acceptors (Lipinski definition) is 2. The molecule has 0 heterocycles. The van der Waals surface area contributed by atoms with Crippen molar-refractivity contribution in [3.05, 3.63) is 65.2 Å². The fraction of sp³-hybridized carbons (Fsp3) is 0.333. The summed E-state index contributed by atoms with van der Waals surface area (Å²) in [5, 5.41) is 4.46. The molecule has 0 spiro atoms. The Kier molecular flexibility index (Phi) is 7.14. The zero-order valence-electron chi connectivity index (χ0n) is 12.4. The standard InChI is InChI=1S/C18H22ClNS/c1-2-3-13-20-18(15-7-5-4-6-8-15)14-21-17-11-9-16(19)10-12-17/h4-12,18,20H,2-3,13-14H2,1H3. The number of unbranched alkanes of at least 4 members (excludes halogenated alkanes) is 1. The first-order chi connectivity index (χ1) is 10.3. The molecule has 2 aromatic carbocycles. The van der Waals surface area contributed by atoms with E-state index in [4.69, 9.17) is 11.6 Å². The van der Waals surface area contributed by atoms with Crippen molar-refractivity contribution >= 4 is 23.4 Å². The lowest BCUT2D eigenvalue weighted by Crippen LogP contribution is -2.24. The van der Waals surface area contributed by atoms with E-state index in [0.717, 1.165) is 17.3 Å². The van der Waals surface area contributed by atoms with Gasteiger partial charge in [0.1, 0.15) is 0 Å². The Morgan fingerprint density at radius 1 is 1.05 bits per heavy atom. The molecule has 112 valence electrons. The third-order valence-corrected chi connectivity index (χ3v) is 4.71. The van der Waals surface area contributed by atoms with Crippen molar-refractivity contribution in [1.29, 1.82) is 0 Å². The van der Waals surface area contributed by atoms with Crippen LogP contribution in [0.4, 0.5) is 0 Å². The number of benzene rings is 2. The van der Waals surface area contributed by atoms with Crippen molar-refractivity contribution in [3.63, 3.8) is 0 Å². The molecule has 1 atom stereocenters. The van der Waals surface area contributed by atoms with Gasteiger partial charge in [0.2, 0.25) is 0 Å². The van der Waals surface area contributed by atoms with E-state index in [2.05, 4.69) is 54.7 Å². The average Bonchev–Trinajstić information content (AvgIpc) is 2.53. The van der Waals surface area contributed by atoms with Crippen LogP contribution in [0.3, 0.4) is 0 Å². The lowest BCUT2D eigenvalue weighted by Gasteiger charge is -2.19. The highest BCUT2D eigenvalue weighted by Crippen LogP contribution is 2.26. The van der Waals surface area contributed by atoms with Crippen LogP contribution in [0, 0.1) is 0 Å². The molecule has 3 heteroatoms. The van der Waals surface area contributed by atoms with E-state index in [1.165, 1.54) is 23.3 Å². The maximum Gasteiger partial charge on any atom is 0.0415 e. The maximum absolute atomic E-state index is 5.93. The fourth-order valence-electron chi connectivity index (χ4n) is 2.12. The Morgan fingerprint density at radius 3 is 2.43 bits per heavy atom. The molecule has 1 nitrogen and oxygen atoms in total. The molecule has 2 aromatic rings. The SMILES string of the molecule is CCCCNC(CSc1ccc(Cl)cc1)c1ccccc1. The Balaban J connectivity index is 1.96. The Hall–Kier alpha value is -0.960. The van der Waals surface area contributed by atoms with Crippen LogP contribution < -0.4 is 5.32 Å². The molecular formula is C18H22ClNS. The van der Waals surface area contributed by atoms with Gasteiger partial charge >= 0.3 is 0 Å². The molecule has 21 heavy (non-hydrogen) atoms. The molecule has 0 radical (unpaired) electrons. The first kappa shape index (κ1) is 16.4. The minimum atomic E-state index is 0.387. The molecular weight excluding hydrogens is 298 g/mol. The topological polar surface area (TPSA) is 12.0 Å². The van der Waals surface area contributed by atoms with Gasteiger partial charge in [-0.05, 0) is 42.8 Å². The van der Waals surface area contributed by atoms with E-state index >= 15 is 0 Å². The van der Waals surface area contributed by atoms with Crippen molar-refractivity contribution in [2.24, 2.45) is 0 Å². The van der Waals surface area contributed by atoms with Gasteiger partial charge in [-0.2, -0.15) is 0 Å². The van der Waals surface area contributed by atoms with Crippen LogP contribution >= 0.6 is 23.4 Å². The zero-order chi connectivity index (χ0) is 14.9. The van der Waals surface area contributed by atoms with Crippen molar-refractivity contribution in [2.45, 2.75) is 30.7 Å². The number of halogens is 1. The molecule has 0 aliphatic carbocycles. The summed E-state index contributed by atoms with van der Waals surface area (Å²) in [5.74, 6) is 1.02. The van der Waals surface area contributed by atoms with Gasteiger partial charge in [-0.1, -0.05) is 55.3 Å². The molecule has 0 saturated carbocycles. The fourth-order valence-corrected chi connectivity index (χ4v) is 3.25. The molecule has 0 amide bonds. The molecule has 0 bridgehead atoms. The zero-order valence-corrected chi connectivity index (χ0v) is 14.0. The Bertz CT molecular complexity index is 513. The summed E-state index contributed by atoms with van der Waals surface area (Å²) in [6.45, 7) is 3.29. The third kappa shape index (κ3) is 5.74. The second-order valence-electron chi connectivity index (χ2n) is 5.04. The Labute approximate surface area is 137 Å². The molecule has 0 fully saturated rings. The molecule has 0 saturated heterocycles. The van der Waals surface area contributed by atoms with Gasteiger partial charge in [0.25, 0.3) is 0 Å². The molecule has 1 unspecified atom stereocenters. The predicted molar refractivity (Wildman–Crippen MR) is 94.3 cm³/mol. The first-order valence-electron chi connectivity index (χ1n) is 7.46. The van der Waals surface area contributed by atoms with Crippen LogP contribution in [0.1, 0.15) is 31.4 Å². The molecule has 0 aliphatic heterocycles. The normalized spacial score (nSPS) is 12.3. The van der Waals surface area contributed by atoms with Gasteiger partial charge < -0.3 is 5.32 Å². The smallest absolute Gasteiger partial charge is 0.0415 e. The lowest BCUT2D eigenvalue weighted by molar-refractivity contribution is 0.560. The van der Waals surface area contributed by atoms with E-state index in [1.54, 1.807) is 0 Å². The number of rotatable bonds is 8. The van der Waals surface area contributed by atoms with E-state index in [1.807, 2.05) is 23.9 Å². The highest BCUT2D eigenvalue weighted by molar-refractivity contribution is 7.99. The van der Waals surface area contributed by atoms with Gasteiger partial charge in [-0.25, -0.2) is 0 Å².